The van der Waals surface area contributed by atoms with Crippen LogP contribution in [0.1, 0.15) is 18.9 Å². The molecule has 2 aromatic carbocycles. The minimum atomic E-state index is 0.593. The van der Waals surface area contributed by atoms with Crippen molar-refractivity contribution in [2.24, 2.45) is 0 Å². The van der Waals surface area contributed by atoms with Gasteiger partial charge in [0.15, 0.2) is 0 Å². The van der Waals surface area contributed by atoms with Gasteiger partial charge in [0.25, 0.3) is 0 Å². The van der Waals surface area contributed by atoms with Crippen LogP contribution in [-0.2, 0) is 6.54 Å². The smallest absolute Gasteiger partial charge is 0.0670 e. The first-order valence-electron chi connectivity index (χ1n) is 6.47. The quantitative estimate of drug-likeness (QED) is 0.751. The van der Waals surface area contributed by atoms with Crippen LogP contribution in [-0.4, -0.2) is 6.54 Å². The molecule has 0 aliphatic carbocycles. The first kappa shape index (κ1) is 14.4. The number of rotatable bonds is 5. The van der Waals surface area contributed by atoms with E-state index in [1.54, 1.807) is 0 Å². The van der Waals surface area contributed by atoms with E-state index in [4.69, 9.17) is 23.2 Å². The van der Waals surface area contributed by atoms with E-state index in [9.17, 15) is 0 Å². The van der Waals surface area contributed by atoms with Gasteiger partial charge in [-0.2, -0.15) is 0 Å². The Morgan fingerprint density at radius 1 is 0.947 bits per heavy atom. The largest absolute Gasteiger partial charge is 0.313 e. The van der Waals surface area contributed by atoms with E-state index < -0.39 is 0 Å². The summed E-state index contributed by atoms with van der Waals surface area (Å²) < 4.78 is 0. The van der Waals surface area contributed by atoms with E-state index in [0.29, 0.717) is 10.0 Å². The fourth-order valence-corrected chi connectivity index (χ4v) is 2.45. The maximum atomic E-state index is 6.31. The zero-order chi connectivity index (χ0) is 13.7. The molecule has 0 saturated carbocycles. The fraction of sp³-hybridized carbons (Fsp3) is 0.250. The van der Waals surface area contributed by atoms with Crippen LogP contribution in [0.3, 0.4) is 0 Å². The molecule has 0 heterocycles. The van der Waals surface area contributed by atoms with Crippen LogP contribution in [0.15, 0.2) is 42.5 Å². The average molecular weight is 294 g/mol. The zero-order valence-corrected chi connectivity index (χ0v) is 12.4. The van der Waals surface area contributed by atoms with Gasteiger partial charge >= 0.3 is 0 Å². The molecular formula is C16H17Cl2N. The van der Waals surface area contributed by atoms with Crippen LogP contribution < -0.4 is 5.32 Å². The summed E-state index contributed by atoms with van der Waals surface area (Å²) in [6.45, 7) is 4.01. The average Bonchev–Trinajstić information content (AvgIpc) is 2.43. The molecule has 2 aromatic rings. The Hall–Kier alpha value is -1.02. The van der Waals surface area contributed by atoms with Crippen molar-refractivity contribution in [3.05, 3.63) is 58.1 Å². The third-order valence-electron chi connectivity index (χ3n) is 3.00. The molecule has 3 heteroatoms. The normalized spacial score (nSPS) is 10.7. The summed E-state index contributed by atoms with van der Waals surface area (Å²) in [5, 5.41) is 4.63. The Kier molecular flexibility index (Phi) is 5.26. The van der Waals surface area contributed by atoms with Crippen molar-refractivity contribution in [2.75, 3.05) is 6.54 Å². The summed E-state index contributed by atoms with van der Waals surface area (Å²) in [6.07, 6.45) is 1.13. The van der Waals surface area contributed by atoms with Crippen molar-refractivity contribution >= 4 is 23.2 Å². The lowest BCUT2D eigenvalue weighted by atomic mass is 9.99. The molecule has 2 rings (SSSR count). The lowest BCUT2D eigenvalue weighted by Crippen LogP contribution is -2.14. The molecule has 0 atom stereocenters. The summed E-state index contributed by atoms with van der Waals surface area (Å²) in [4.78, 5) is 0. The van der Waals surface area contributed by atoms with E-state index in [-0.39, 0.29) is 0 Å². The van der Waals surface area contributed by atoms with Gasteiger partial charge in [-0.25, -0.2) is 0 Å². The zero-order valence-electron chi connectivity index (χ0n) is 10.9. The lowest BCUT2D eigenvalue weighted by Gasteiger charge is -2.12. The molecule has 0 bridgehead atoms. The highest BCUT2D eigenvalue weighted by atomic mass is 35.5. The van der Waals surface area contributed by atoms with Gasteiger partial charge in [0.1, 0.15) is 0 Å². The van der Waals surface area contributed by atoms with Crippen LogP contribution in [0, 0.1) is 0 Å². The van der Waals surface area contributed by atoms with Crippen molar-refractivity contribution in [1.82, 2.24) is 5.32 Å². The van der Waals surface area contributed by atoms with Gasteiger partial charge in [0.05, 0.1) is 10.0 Å². The summed E-state index contributed by atoms with van der Waals surface area (Å²) in [5.74, 6) is 0. The second kappa shape index (κ2) is 6.95. The predicted octanol–water partition coefficient (Wildman–Crippen LogP) is 5.16. The highest BCUT2D eigenvalue weighted by Gasteiger charge is 2.10. The van der Waals surface area contributed by atoms with E-state index in [2.05, 4.69) is 24.4 Å². The number of benzene rings is 2. The minimum absolute atomic E-state index is 0.593. The summed E-state index contributed by atoms with van der Waals surface area (Å²) in [7, 11) is 0. The van der Waals surface area contributed by atoms with Gasteiger partial charge in [-0.3, -0.25) is 0 Å². The molecule has 19 heavy (non-hydrogen) atoms. The van der Waals surface area contributed by atoms with Gasteiger partial charge in [0, 0.05) is 12.1 Å². The number of hydrogen-bond acceptors (Lipinski definition) is 1. The standard InChI is InChI=1S/C16H17Cl2N/c1-2-10-19-11-12-6-3-4-7-13(12)14-8-5-9-15(17)16(14)18/h3-9,19H,2,10-11H2,1H3. The molecule has 0 unspecified atom stereocenters. The summed E-state index contributed by atoms with van der Waals surface area (Å²) in [5.41, 5.74) is 3.36. The first-order valence-corrected chi connectivity index (χ1v) is 7.22. The Bertz CT molecular complexity index is 552. The Balaban J connectivity index is 2.36. The second-order valence-corrected chi connectivity index (χ2v) is 5.22. The van der Waals surface area contributed by atoms with Crippen LogP contribution in [0.25, 0.3) is 11.1 Å². The van der Waals surface area contributed by atoms with Crippen LogP contribution in [0.5, 0.6) is 0 Å². The molecule has 0 saturated heterocycles. The molecule has 0 fully saturated rings. The van der Waals surface area contributed by atoms with Crippen molar-refractivity contribution in [3.63, 3.8) is 0 Å². The van der Waals surface area contributed by atoms with Gasteiger partial charge in [-0.15, -0.1) is 0 Å². The number of nitrogens with one attached hydrogen (secondary N) is 1. The van der Waals surface area contributed by atoms with E-state index in [0.717, 1.165) is 30.6 Å². The van der Waals surface area contributed by atoms with Crippen molar-refractivity contribution in [2.45, 2.75) is 19.9 Å². The van der Waals surface area contributed by atoms with E-state index in [1.807, 2.05) is 30.3 Å². The highest BCUT2D eigenvalue weighted by Crippen LogP contribution is 2.35. The fourth-order valence-electron chi connectivity index (χ4n) is 2.05. The molecule has 0 spiro atoms. The van der Waals surface area contributed by atoms with Crippen molar-refractivity contribution in [3.8, 4) is 11.1 Å². The molecule has 1 N–H and O–H groups in total. The minimum Gasteiger partial charge on any atom is -0.313 e. The van der Waals surface area contributed by atoms with Crippen molar-refractivity contribution in [1.29, 1.82) is 0 Å². The third-order valence-corrected chi connectivity index (χ3v) is 3.82. The van der Waals surface area contributed by atoms with Crippen LogP contribution in [0.4, 0.5) is 0 Å². The maximum absolute atomic E-state index is 6.31. The number of halogens is 2. The van der Waals surface area contributed by atoms with Gasteiger partial charge in [-0.05, 0) is 30.2 Å². The summed E-state index contributed by atoms with van der Waals surface area (Å²) >= 11 is 12.4. The van der Waals surface area contributed by atoms with Gasteiger partial charge in [0.2, 0.25) is 0 Å². The molecular weight excluding hydrogens is 277 g/mol. The van der Waals surface area contributed by atoms with E-state index in [1.165, 1.54) is 5.56 Å². The highest BCUT2D eigenvalue weighted by molar-refractivity contribution is 6.43. The van der Waals surface area contributed by atoms with Gasteiger partial charge < -0.3 is 5.32 Å². The van der Waals surface area contributed by atoms with E-state index >= 15 is 0 Å². The summed E-state index contributed by atoms with van der Waals surface area (Å²) in [6, 6.07) is 14.0. The second-order valence-electron chi connectivity index (χ2n) is 4.44. The first-order chi connectivity index (χ1) is 9.24. The topological polar surface area (TPSA) is 12.0 Å². The van der Waals surface area contributed by atoms with Gasteiger partial charge in [-0.1, -0.05) is 66.5 Å². The van der Waals surface area contributed by atoms with Crippen LogP contribution in [0.2, 0.25) is 10.0 Å². The molecule has 0 aromatic heterocycles. The number of hydrogen-bond donors (Lipinski definition) is 1. The Morgan fingerprint density at radius 3 is 2.47 bits per heavy atom. The monoisotopic (exact) mass is 293 g/mol. The predicted molar refractivity (Wildman–Crippen MR) is 83.9 cm³/mol. The molecule has 0 aliphatic rings. The van der Waals surface area contributed by atoms with Crippen LogP contribution >= 0.6 is 23.2 Å². The third kappa shape index (κ3) is 3.50. The molecule has 0 radical (unpaired) electrons. The molecule has 1 nitrogen and oxygen atoms in total. The Morgan fingerprint density at radius 2 is 1.68 bits per heavy atom. The maximum Gasteiger partial charge on any atom is 0.0670 e. The molecule has 0 aliphatic heterocycles. The lowest BCUT2D eigenvalue weighted by molar-refractivity contribution is 0.676. The molecule has 100 valence electrons. The molecule has 0 amide bonds. The Labute approximate surface area is 124 Å². The van der Waals surface area contributed by atoms with Crippen molar-refractivity contribution < 1.29 is 0 Å². The SMILES string of the molecule is CCCNCc1ccccc1-c1cccc(Cl)c1Cl.